The van der Waals surface area contributed by atoms with E-state index in [1.807, 2.05) is 6.20 Å². The Bertz CT molecular complexity index is 402. The molecule has 0 spiro atoms. The maximum Gasteiger partial charge on any atom is 0.360 e. The van der Waals surface area contributed by atoms with Crippen molar-refractivity contribution in [2.75, 3.05) is 19.6 Å². The maximum absolute atomic E-state index is 11.1. The summed E-state index contributed by atoms with van der Waals surface area (Å²) in [5, 5.41) is 9.09. The van der Waals surface area contributed by atoms with E-state index in [1.165, 1.54) is 12.8 Å². The number of nitrogens with zero attached hydrogens (tertiary/aromatic N) is 2. The Hall–Kier alpha value is -1.46. The summed E-state index contributed by atoms with van der Waals surface area (Å²) in [6, 6.07) is 0. The average molecular weight is 280 g/mol. The van der Waals surface area contributed by atoms with Gasteiger partial charge in [0.25, 0.3) is 0 Å². The van der Waals surface area contributed by atoms with E-state index in [0.717, 1.165) is 25.1 Å². The molecule has 0 saturated carbocycles. The summed E-state index contributed by atoms with van der Waals surface area (Å²) in [5.74, 6) is 0.0779. The normalized spacial score (nSPS) is 21.6. The Morgan fingerprint density at radius 2 is 2.20 bits per heavy atom. The second kappa shape index (κ2) is 8.66. The van der Waals surface area contributed by atoms with Gasteiger partial charge < -0.3 is 10.8 Å². The van der Waals surface area contributed by atoms with Gasteiger partial charge in [0.15, 0.2) is 6.54 Å². The monoisotopic (exact) mass is 280 g/mol. The number of hydrogen-bond donors (Lipinski definition) is 2. The molecule has 112 valence electrons. The summed E-state index contributed by atoms with van der Waals surface area (Å²) >= 11 is 0. The van der Waals surface area contributed by atoms with E-state index in [9.17, 15) is 4.79 Å². The van der Waals surface area contributed by atoms with E-state index in [4.69, 9.17) is 10.8 Å². The third kappa shape index (κ3) is 4.90. The van der Waals surface area contributed by atoms with Crippen LogP contribution in [0.5, 0.6) is 0 Å². The first-order valence-corrected chi connectivity index (χ1v) is 7.33. The standard InChI is InChI=1S/C15H25N3O2/c1-2-3-4-5-6-7-8-14-17-10-12-18(14,11-9-16)13-15(19)20/h5-6,10,12H,2-4,7-9,11,13,16H2,1H3/p+1/b6-5+. The van der Waals surface area contributed by atoms with Crippen molar-refractivity contribution in [3.63, 3.8) is 0 Å². The molecule has 1 aliphatic rings. The highest BCUT2D eigenvalue weighted by Gasteiger charge is 2.36. The van der Waals surface area contributed by atoms with E-state index >= 15 is 0 Å². The molecule has 5 heteroatoms. The molecular weight excluding hydrogens is 254 g/mol. The van der Waals surface area contributed by atoms with Crippen LogP contribution in [-0.2, 0) is 4.79 Å². The zero-order valence-corrected chi connectivity index (χ0v) is 12.3. The third-order valence-electron chi connectivity index (χ3n) is 3.46. The number of quaternary nitrogens is 1. The Kier molecular flexibility index (Phi) is 7.18. The van der Waals surface area contributed by atoms with E-state index in [-0.39, 0.29) is 11.0 Å². The zero-order chi connectivity index (χ0) is 14.8. The Morgan fingerprint density at radius 3 is 2.85 bits per heavy atom. The van der Waals surface area contributed by atoms with Crippen molar-refractivity contribution in [2.45, 2.75) is 39.0 Å². The van der Waals surface area contributed by atoms with Gasteiger partial charge in [-0.2, -0.15) is 0 Å². The van der Waals surface area contributed by atoms with Crippen molar-refractivity contribution >= 4 is 11.8 Å². The topological polar surface area (TPSA) is 75.7 Å². The smallest absolute Gasteiger partial charge is 0.360 e. The van der Waals surface area contributed by atoms with Crippen LogP contribution in [-0.4, -0.2) is 41.0 Å². The van der Waals surface area contributed by atoms with Gasteiger partial charge in [-0.15, -0.1) is 0 Å². The predicted octanol–water partition coefficient (Wildman–Crippen LogP) is 2.26. The molecule has 1 aliphatic heterocycles. The number of carboxylic acids is 1. The number of aliphatic carboxylic acids is 1. The lowest BCUT2D eigenvalue weighted by Gasteiger charge is -2.30. The molecule has 1 unspecified atom stereocenters. The highest BCUT2D eigenvalue weighted by atomic mass is 16.4. The molecule has 0 radical (unpaired) electrons. The van der Waals surface area contributed by atoms with Gasteiger partial charge in [-0.1, -0.05) is 31.9 Å². The fourth-order valence-corrected chi connectivity index (χ4v) is 2.40. The average Bonchev–Trinajstić information content (AvgIpc) is 2.76. The van der Waals surface area contributed by atoms with Gasteiger partial charge in [-0.05, 0) is 12.8 Å². The summed E-state index contributed by atoms with van der Waals surface area (Å²) in [5.41, 5.74) is 5.63. The van der Waals surface area contributed by atoms with Crippen molar-refractivity contribution in [3.8, 4) is 0 Å². The number of nitrogens with two attached hydrogens (primary N) is 1. The zero-order valence-electron chi connectivity index (χ0n) is 12.3. The molecular formula is C15H26N3O2+. The molecule has 0 amide bonds. The predicted molar refractivity (Wildman–Crippen MR) is 81.2 cm³/mol. The SMILES string of the molecule is CCCC/C=C/CCC1=NC=C[N+]1(CCN)CC(=O)O. The van der Waals surface area contributed by atoms with Crippen molar-refractivity contribution in [1.82, 2.24) is 0 Å². The minimum atomic E-state index is -0.823. The van der Waals surface area contributed by atoms with E-state index in [2.05, 4.69) is 24.1 Å². The first kappa shape index (κ1) is 16.6. The maximum atomic E-state index is 11.1. The van der Waals surface area contributed by atoms with Crippen molar-refractivity contribution in [2.24, 2.45) is 10.7 Å². The van der Waals surface area contributed by atoms with Crippen LogP contribution in [0, 0.1) is 0 Å². The van der Waals surface area contributed by atoms with Crippen LogP contribution in [0.1, 0.15) is 39.0 Å². The number of carboxylic acid groups (broad SMARTS) is 1. The molecule has 0 aromatic carbocycles. The lowest BCUT2D eigenvalue weighted by molar-refractivity contribution is -0.778. The second-order valence-corrected chi connectivity index (χ2v) is 5.09. The molecule has 5 nitrogen and oxygen atoms in total. The molecule has 20 heavy (non-hydrogen) atoms. The van der Waals surface area contributed by atoms with Crippen LogP contribution in [0.3, 0.4) is 0 Å². The fourth-order valence-electron chi connectivity index (χ4n) is 2.40. The first-order valence-electron chi connectivity index (χ1n) is 7.33. The van der Waals surface area contributed by atoms with Crippen molar-refractivity contribution in [1.29, 1.82) is 0 Å². The summed E-state index contributed by atoms with van der Waals surface area (Å²) in [6.07, 6.45) is 13.1. The minimum Gasteiger partial charge on any atom is -0.477 e. The van der Waals surface area contributed by atoms with Crippen molar-refractivity contribution in [3.05, 3.63) is 24.6 Å². The van der Waals surface area contributed by atoms with Crippen LogP contribution >= 0.6 is 0 Å². The molecule has 0 aliphatic carbocycles. The molecule has 1 rings (SSSR count). The number of rotatable bonds is 10. The largest absolute Gasteiger partial charge is 0.477 e. The van der Waals surface area contributed by atoms with Gasteiger partial charge in [0.1, 0.15) is 12.7 Å². The summed E-state index contributed by atoms with van der Waals surface area (Å²) < 4.78 is 0.272. The van der Waals surface area contributed by atoms with Gasteiger partial charge >= 0.3 is 5.97 Å². The number of carbonyl (C=O) groups is 1. The molecule has 0 aromatic heterocycles. The van der Waals surface area contributed by atoms with Crippen LogP contribution < -0.4 is 5.73 Å². The van der Waals surface area contributed by atoms with E-state index in [0.29, 0.717) is 13.1 Å². The Morgan fingerprint density at radius 1 is 1.45 bits per heavy atom. The van der Waals surface area contributed by atoms with Gasteiger partial charge in [0.2, 0.25) is 5.84 Å². The van der Waals surface area contributed by atoms with Gasteiger partial charge in [0, 0.05) is 13.0 Å². The molecule has 0 saturated heterocycles. The Balaban J connectivity index is 2.54. The molecule has 0 aromatic rings. The van der Waals surface area contributed by atoms with Gasteiger partial charge in [-0.3, -0.25) is 0 Å². The molecule has 1 heterocycles. The Labute approximate surface area is 121 Å². The van der Waals surface area contributed by atoms with Crippen LogP contribution in [0.15, 0.2) is 29.5 Å². The third-order valence-corrected chi connectivity index (χ3v) is 3.46. The van der Waals surface area contributed by atoms with Crippen LogP contribution in [0.25, 0.3) is 0 Å². The number of hydrogen-bond acceptors (Lipinski definition) is 3. The minimum absolute atomic E-state index is 0.0199. The summed E-state index contributed by atoms with van der Waals surface area (Å²) in [6.45, 7) is 3.23. The fraction of sp³-hybridized carbons (Fsp3) is 0.600. The van der Waals surface area contributed by atoms with Crippen molar-refractivity contribution < 1.29 is 14.4 Å². The summed E-state index contributed by atoms with van der Waals surface area (Å²) in [7, 11) is 0. The number of aliphatic imine (C=N–C) groups is 1. The van der Waals surface area contributed by atoms with E-state index in [1.54, 1.807) is 6.20 Å². The molecule has 3 N–H and O–H groups in total. The lowest BCUT2D eigenvalue weighted by Crippen LogP contribution is -2.52. The van der Waals surface area contributed by atoms with Gasteiger partial charge in [0.05, 0.1) is 6.20 Å². The van der Waals surface area contributed by atoms with Crippen LogP contribution in [0.4, 0.5) is 0 Å². The number of amidine groups is 1. The number of allylic oxidation sites excluding steroid dienone is 2. The quantitative estimate of drug-likeness (QED) is 0.366. The second-order valence-electron chi connectivity index (χ2n) is 5.09. The van der Waals surface area contributed by atoms with E-state index < -0.39 is 5.97 Å². The number of unbranched alkanes of at least 4 members (excludes halogenated alkanes) is 2. The highest BCUT2D eigenvalue weighted by molar-refractivity contribution is 5.81. The highest BCUT2D eigenvalue weighted by Crippen LogP contribution is 2.20. The molecule has 0 bridgehead atoms. The summed E-state index contributed by atoms with van der Waals surface area (Å²) in [4.78, 5) is 15.4. The first-order chi connectivity index (χ1) is 9.64. The molecule has 0 fully saturated rings. The lowest BCUT2D eigenvalue weighted by atomic mass is 10.2. The molecule has 1 atom stereocenters. The van der Waals surface area contributed by atoms with Gasteiger partial charge in [-0.25, -0.2) is 14.3 Å². The van der Waals surface area contributed by atoms with Crippen LogP contribution in [0.2, 0.25) is 0 Å².